The number of ether oxygens (including phenoxy) is 4. The highest BCUT2D eigenvalue weighted by Gasteiger charge is 2.61. The Balaban J connectivity index is 1.66. The van der Waals surface area contributed by atoms with E-state index in [9.17, 15) is 9.59 Å². The molecule has 0 aromatic heterocycles. The number of carbonyl (C=O) groups excluding carboxylic acids is 2. The van der Waals surface area contributed by atoms with Crippen LogP contribution in [0.2, 0.25) is 0 Å². The minimum atomic E-state index is -1.14. The monoisotopic (exact) mass is 514 g/mol. The van der Waals surface area contributed by atoms with Gasteiger partial charge in [0.05, 0.1) is 11.1 Å². The van der Waals surface area contributed by atoms with E-state index >= 15 is 0 Å². The Labute approximate surface area is 224 Å². The molecule has 1 heterocycles. The van der Waals surface area contributed by atoms with Crippen molar-refractivity contribution in [3.63, 3.8) is 0 Å². The normalized spacial score (nSPS) is 22.9. The fraction of sp³-hybridized carbons (Fsp3) is 0.312. The summed E-state index contributed by atoms with van der Waals surface area (Å²) in [4.78, 5) is 26.0. The lowest BCUT2D eigenvalue weighted by Gasteiger charge is -2.41. The molecule has 198 valence electrons. The first-order chi connectivity index (χ1) is 18.1. The largest absolute Gasteiger partial charge is 0.481 e. The minimum Gasteiger partial charge on any atom is -0.481 e. The van der Waals surface area contributed by atoms with E-state index in [1.54, 1.807) is 48.5 Å². The van der Waals surface area contributed by atoms with Gasteiger partial charge in [0.25, 0.3) is 0 Å². The van der Waals surface area contributed by atoms with E-state index in [0.29, 0.717) is 16.9 Å². The second-order valence-electron chi connectivity index (χ2n) is 10.7. The van der Waals surface area contributed by atoms with Crippen molar-refractivity contribution in [2.45, 2.75) is 51.6 Å². The molecule has 1 fully saturated rings. The maximum Gasteiger partial charge on any atom is 0.338 e. The van der Waals surface area contributed by atoms with Crippen LogP contribution in [0.3, 0.4) is 0 Å². The van der Waals surface area contributed by atoms with E-state index in [1.165, 1.54) is 0 Å². The number of rotatable bonds is 8. The highest BCUT2D eigenvalue weighted by atomic mass is 16.6. The first-order valence-electron chi connectivity index (χ1n) is 12.7. The second-order valence-corrected chi connectivity index (χ2v) is 10.7. The average molecular weight is 515 g/mol. The molecule has 4 rings (SSSR count). The molecular formula is C32H34O6. The lowest BCUT2D eigenvalue weighted by atomic mass is 9.77. The summed E-state index contributed by atoms with van der Waals surface area (Å²) in [6.07, 6.45) is -2.19. The van der Waals surface area contributed by atoms with E-state index in [-0.39, 0.29) is 6.61 Å². The van der Waals surface area contributed by atoms with Gasteiger partial charge in [-0.25, -0.2) is 9.59 Å². The standard InChI is InChI=1S/C32H34O6/c1-22(23-15-9-6-10-16-23)38-32(5)27(37-29(34)25-19-13-8-14-20-25)26(36-30(32)31(2,3)4)21-35-28(33)24-17-11-7-12-18-24/h6-20,26-27,30H,1,21H2,2-5H3/t26-,27-,30+,32-/m1/s1. The minimum absolute atomic E-state index is 0.121. The predicted octanol–water partition coefficient (Wildman–Crippen LogP) is 6.33. The zero-order valence-electron chi connectivity index (χ0n) is 22.3. The zero-order valence-corrected chi connectivity index (χ0v) is 22.3. The molecule has 3 aromatic rings. The van der Waals surface area contributed by atoms with Gasteiger partial charge in [-0.3, -0.25) is 0 Å². The molecule has 6 heteroatoms. The summed E-state index contributed by atoms with van der Waals surface area (Å²) in [5.74, 6) is -0.584. The van der Waals surface area contributed by atoms with Gasteiger partial charge in [0.15, 0.2) is 11.7 Å². The van der Waals surface area contributed by atoms with Gasteiger partial charge in [0.2, 0.25) is 0 Å². The van der Waals surface area contributed by atoms with E-state index < -0.39 is 41.3 Å². The fourth-order valence-electron chi connectivity index (χ4n) is 4.92. The molecule has 4 atom stereocenters. The first kappa shape index (κ1) is 27.1. The second kappa shape index (κ2) is 11.2. The SMILES string of the molecule is C=C(O[C@]1(C)[C@H](OC(=O)c2ccccc2)[C@@H](COC(=O)c2ccccc2)O[C@H]1C(C)(C)C)c1ccccc1. The van der Waals surface area contributed by atoms with Gasteiger partial charge in [0, 0.05) is 5.56 Å². The van der Waals surface area contributed by atoms with Crippen molar-refractivity contribution in [1.29, 1.82) is 0 Å². The van der Waals surface area contributed by atoms with Gasteiger partial charge in [0.1, 0.15) is 24.6 Å². The predicted molar refractivity (Wildman–Crippen MR) is 145 cm³/mol. The highest BCUT2D eigenvalue weighted by Crippen LogP contribution is 2.46. The van der Waals surface area contributed by atoms with E-state index in [0.717, 1.165) is 5.56 Å². The van der Waals surface area contributed by atoms with Crippen molar-refractivity contribution in [3.8, 4) is 0 Å². The Bertz CT molecular complexity index is 1250. The molecule has 6 nitrogen and oxygen atoms in total. The Morgan fingerprint density at radius 3 is 1.79 bits per heavy atom. The van der Waals surface area contributed by atoms with E-state index in [2.05, 4.69) is 6.58 Å². The maximum atomic E-state index is 13.2. The van der Waals surface area contributed by atoms with Crippen molar-refractivity contribution in [2.75, 3.05) is 6.61 Å². The number of hydrogen-bond donors (Lipinski definition) is 0. The maximum absolute atomic E-state index is 13.2. The first-order valence-corrected chi connectivity index (χ1v) is 12.7. The van der Waals surface area contributed by atoms with Gasteiger partial charge < -0.3 is 18.9 Å². The van der Waals surface area contributed by atoms with Crippen LogP contribution in [0.4, 0.5) is 0 Å². The molecule has 0 aliphatic carbocycles. The summed E-state index contributed by atoms with van der Waals surface area (Å²) in [5, 5.41) is 0. The van der Waals surface area contributed by atoms with E-state index in [1.807, 2.05) is 70.2 Å². The zero-order chi connectivity index (χ0) is 27.3. The quantitative estimate of drug-likeness (QED) is 0.258. The van der Waals surface area contributed by atoms with Crippen LogP contribution in [0.1, 0.15) is 54.0 Å². The Morgan fingerprint density at radius 1 is 0.816 bits per heavy atom. The molecule has 0 unspecified atom stereocenters. The molecule has 1 aliphatic heterocycles. The summed E-state index contributed by atoms with van der Waals surface area (Å²) >= 11 is 0. The third-order valence-corrected chi connectivity index (χ3v) is 6.59. The van der Waals surface area contributed by atoms with Gasteiger partial charge in [-0.05, 0) is 36.6 Å². The lowest BCUT2D eigenvalue weighted by molar-refractivity contribution is -0.105. The highest BCUT2D eigenvalue weighted by molar-refractivity contribution is 5.90. The van der Waals surface area contributed by atoms with Crippen LogP contribution in [0, 0.1) is 5.41 Å². The van der Waals surface area contributed by atoms with Crippen molar-refractivity contribution in [2.24, 2.45) is 5.41 Å². The molecule has 0 N–H and O–H groups in total. The van der Waals surface area contributed by atoms with Crippen molar-refractivity contribution < 1.29 is 28.5 Å². The fourth-order valence-corrected chi connectivity index (χ4v) is 4.92. The molecule has 0 saturated carbocycles. The molecule has 1 saturated heterocycles. The summed E-state index contributed by atoms with van der Waals surface area (Å²) in [6, 6.07) is 27.0. The van der Waals surface area contributed by atoms with Crippen LogP contribution in [0.25, 0.3) is 5.76 Å². The number of benzene rings is 3. The Hall–Kier alpha value is -3.90. The van der Waals surface area contributed by atoms with Crippen molar-refractivity contribution >= 4 is 17.7 Å². The Morgan fingerprint density at radius 2 is 1.29 bits per heavy atom. The summed E-state index contributed by atoms with van der Waals surface area (Å²) in [5.41, 5.74) is 0.0671. The number of esters is 2. The van der Waals surface area contributed by atoms with E-state index in [4.69, 9.17) is 18.9 Å². The molecular weight excluding hydrogens is 480 g/mol. The molecule has 0 bridgehead atoms. The van der Waals surface area contributed by atoms with Gasteiger partial charge in [-0.15, -0.1) is 0 Å². The summed E-state index contributed by atoms with van der Waals surface area (Å²) in [7, 11) is 0. The van der Waals surface area contributed by atoms with Crippen LogP contribution < -0.4 is 0 Å². The topological polar surface area (TPSA) is 71.1 Å². The van der Waals surface area contributed by atoms with Crippen LogP contribution in [-0.4, -0.2) is 42.5 Å². The molecule has 1 aliphatic rings. The Kier molecular flexibility index (Phi) is 8.02. The number of hydrogen-bond acceptors (Lipinski definition) is 6. The molecule has 0 amide bonds. The molecule has 3 aromatic carbocycles. The van der Waals surface area contributed by atoms with Gasteiger partial charge >= 0.3 is 11.9 Å². The van der Waals surface area contributed by atoms with Crippen molar-refractivity contribution in [3.05, 3.63) is 114 Å². The lowest BCUT2D eigenvalue weighted by Crippen LogP contribution is -2.53. The van der Waals surface area contributed by atoms with Gasteiger partial charge in [-0.1, -0.05) is 94.1 Å². The van der Waals surface area contributed by atoms with Crippen LogP contribution in [0.5, 0.6) is 0 Å². The molecule has 38 heavy (non-hydrogen) atoms. The third kappa shape index (κ3) is 5.97. The van der Waals surface area contributed by atoms with Gasteiger partial charge in [-0.2, -0.15) is 0 Å². The number of carbonyl (C=O) groups is 2. The van der Waals surface area contributed by atoms with Crippen LogP contribution in [-0.2, 0) is 18.9 Å². The molecule has 0 spiro atoms. The van der Waals surface area contributed by atoms with Crippen molar-refractivity contribution in [1.82, 2.24) is 0 Å². The smallest absolute Gasteiger partial charge is 0.338 e. The summed E-state index contributed by atoms with van der Waals surface area (Å²) in [6.45, 7) is 12.0. The average Bonchev–Trinajstić information content (AvgIpc) is 3.19. The van der Waals surface area contributed by atoms with Crippen LogP contribution >= 0.6 is 0 Å². The summed E-state index contributed by atoms with van der Waals surface area (Å²) < 4.78 is 24.8. The molecule has 0 radical (unpaired) electrons. The van der Waals surface area contributed by atoms with Crippen LogP contribution in [0.15, 0.2) is 97.6 Å². The third-order valence-electron chi connectivity index (χ3n) is 6.59.